The normalized spacial score (nSPS) is 11.6. The molecule has 1 nitrogen and oxygen atoms in total. The Morgan fingerprint density at radius 1 is 0.640 bits per heavy atom. The molecule has 0 N–H and O–H groups in total. The minimum atomic E-state index is 0.933. The molecule has 0 aliphatic heterocycles. The highest BCUT2D eigenvalue weighted by Crippen LogP contribution is 2.34. The minimum Gasteiger partial charge on any atom is -0.456 e. The third kappa shape index (κ3) is 2.31. The topological polar surface area (TPSA) is 13.1 Å². The highest BCUT2D eigenvalue weighted by Gasteiger charge is 2.09. The van der Waals surface area contributed by atoms with Gasteiger partial charge in [0.15, 0.2) is 0 Å². The molecule has 1 aromatic heterocycles. The second-order valence-corrected chi connectivity index (χ2v) is 7.29. The molecule has 0 saturated heterocycles. The number of benzene rings is 4. The van der Waals surface area contributed by atoms with Crippen molar-refractivity contribution in [1.29, 1.82) is 0 Å². The first-order valence-corrected chi connectivity index (χ1v) is 9.10. The lowest BCUT2D eigenvalue weighted by Crippen LogP contribution is -2.03. The van der Waals surface area contributed by atoms with Gasteiger partial charge in [0.1, 0.15) is 19.0 Å². The molecule has 0 aliphatic carbocycles. The lowest BCUT2D eigenvalue weighted by atomic mass is 9.89. The summed E-state index contributed by atoms with van der Waals surface area (Å²) in [4.78, 5) is 0. The molecular weight excluding hydrogens is 371 g/mol. The summed E-state index contributed by atoms with van der Waals surface area (Å²) in [5.41, 5.74) is 5.58. The number of para-hydroxylation sites is 1. The molecule has 0 atom stereocenters. The third-order valence-corrected chi connectivity index (χ3v) is 5.58. The number of rotatable bonds is 1. The van der Waals surface area contributed by atoms with Crippen LogP contribution in [0.1, 0.15) is 0 Å². The number of hydrogen-bond donors (Lipinski definition) is 0. The van der Waals surface area contributed by atoms with E-state index < -0.39 is 0 Å². The number of fused-ring (bicyclic) bond motifs is 4. The summed E-state index contributed by atoms with van der Waals surface area (Å²) in [7, 11) is 2.15. The Balaban J connectivity index is 1.76. The summed E-state index contributed by atoms with van der Waals surface area (Å²) in [6.07, 6.45) is 0. The van der Waals surface area contributed by atoms with Crippen molar-refractivity contribution in [2.75, 3.05) is 0 Å². The number of hydrogen-bond acceptors (Lipinski definition) is 1. The van der Waals surface area contributed by atoms with Gasteiger partial charge < -0.3 is 4.42 Å². The monoisotopic (exact) mass is 384 g/mol. The number of halogens is 1. The van der Waals surface area contributed by atoms with Crippen LogP contribution in [0.4, 0.5) is 0 Å². The molecule has 0 bridgehead atoms. The van der Waals surface area contributed by atoms with Gasteiger partial charge >= 0.3 is 0 Å². The van der Waals surface area contributed by atoms with Crippen LogP contribution in [0.5, 0.6) is 0 Å². The fourth-order valence-electron chi connectivity index (χ4n) is 3.55. The van der Waals surface area contributed by atoms with Crippen LogP contribution >= 0.6 is 15.9 Å². The van der Waals surface area contributed by atoms with Crippen LogP contribution < -0.4 is 5.46 Å². The molecule has 118 valence electrons. The van der Waals surface area contributed by atoms with Gasteiger partial charge in [0.05, 0.1) is 0 Å². The smallest absolute Gasteiger partial charge is 0.140 e. The molecular formula is C22H14BBrO. The van der Waals surface area contributed by atoms with E-state index in [1.807, 2.05) is 12.1 Å². The summed E-state index contributed by atoms with van der Waals surface area (Å²) in [5.74, 6) is 0. The second kappa shape index (κ2) is 5.50. The van der Waals surface area contributed by atoms with Crippen molar-refractivity contribution >= 4 is 61.9 Å². The van der Waals surface area contributed by atoms with Crippen LogP contribution in [-0.4, -0.2) is 7.85 Å². The molecule has 0 saturated carbocycles. The SMILES string of the molecule is Bc1ccc(Br)c2cc(-c3ccc4oc5ccccc5c4c3)ccc12. The highest BCUT2D eigenvalue weighted by atomic mass is 79.9. The Hall–Kier alpha value is -2.52. The van der Waals surface area contributed by atoms with E-state index in [0.29, 0.717) is 0 Å². The van der Waals surface area contributed by atoms with E-state index in [1.165, 1.54) is 27.4 Å². The molecule has 5 rings (SSSR count). The lowest BCUT2D eigenvalue weighted by Gasteiger charge is -2.08. The molecule has 1 heterocycles. The number of furan rings is 1. The second-order valence-electron chi connectivity index (χ2n) is 6.43. The van der Waals surface area contributed by atoms with Crippen molar-refractivity contribution in [3.63, 3.8) is 0 Å². The van der Waals surface area contributed by atoms with E-state index in [4.69, 9.17) is 4.42 Å². The van der Waals surface area contributed by atoms with Gasteiger partial charge in [-0.05, 0) is 52.2 Å². The van der Waals surface area contributed by atoms with Gasteiger partial charge in [0, 0.05) is 15.2 Å². The molecule has 0 fully saturated rings. The van der Waals surface area contributed by atoms with Crippen molar-refractivity contribution in [1.82, 2.24) is 0 Å². The maximum atomic E-state index is 5.94. The first kappa shape index (κ1) is 14.8. The van der Waals surface area contributed by atoms with Gasteiger partial charge in [0.25, 0.3) is 0 Å². The lowest BCUT2D eigenvalue weighted by molar-refractivity contribution is 0.669. The van der Waals surface area contributed by atoms with Gasteiger partial charge in [-0.15, -0.1) is 0 Å². The van der Waals surface area contributed by atoms with Gasteiger partial charge in [-0.1, -0.05) is 63.9 Å². The average Bonchev–Trinajstić information content (AvgIpc) is 3.02. The summed E-state index contributed by atoms with van der Waals surface area (Å²) in [6.45, 7) is 0. The summed E-state index contributed by atoms with van der Waals surface area (Å²) in [6, 6.07) is 25.6. The fraction of sp³-hybridized carbons (Fsp3) is 0. The van der Waals surface area contributed by atoms with E-state index in [2.05, 4.69) is 84.4 Å². The van der Waals surface area contributed by atoms with Crippen molar-refractivity contribution in [3.8, 4) is 11.1 Å². The Morgan fingerprint density at radius 2 is 1.36 bits per heavy atom. The van der Waals surface area contributed by atoms with E-state index in [9.17, 15) is 0 Å². The molecule has 0 amide bonds. The molecule has 4 aromatic carbocycles. The zero-order chi connectivity index (χ0) is 17.0. The van der Waals surface area contributed by atoms with Crippen LogP contribution in [0.25, 0.3) is 43.8 Å². The predicted molar refractivity (Wildman–Crippen MR) is 113 cm³/mol. The molecule has 0 radical (unpaired) electrons. The van der Waals surface area contributed by atoms with E-state index in [1.54, 1.807) is 0 Å². The molecule has 25 heavy (non-hydrogen) atoms. The Labute approximate surface area is 154 Å². The van der Waals surface area contributed by atoms with Crippen LogP contribution in [0, 0.1) is 0 Å². The van der Waals surface area contributed by atoms with Crippen molar-refractivity contribution in [3.05, 3.63) is 77.3 Å². The quantitative estimate of drug-likeness (QED) is 0.351. The standard InChI is InChI=1S/C22H14BBrO/c23-19-8-9-20(24)17-11-13(5-7-15(17)19)14-6-10-22-18(12-14)16-3-1-2-4-21(16)25-22/h1-12H,23H2. The van der Waals surface area contributed by atoms with Gasteiger partial charge in [-0.2, -0.15) is 0 Å². The van der Waals surface area contributed by atoms with Crippen LogP contribution in [0.2, 0.25) is 0 Å². The Bertz CT molecular complexity index is 1270. The highest BCUT2D eigenvalue weighted by molar-refractivity contribution is 9.10. The zero-order valence-corrected chi connectivity index (χ0v) is 15.3. The molecule has 3 heteroatoms. The summed E-state index contributed by atoms with van der Waals surface area (Å²) >= 11 is 3.69. The molecule has 0 aliphatic rings. The Morgan fingerprint density at radius 3 is 2.24 bits per heavy atom. The largest absolute Gasteiger partial charge is 0.456 e. The van der Waals surface area contributed by atoms with Crippen LogP contribution in [0.15, 0.2) is 81.7 Å². The Kier molecular flexibility index (Phi) is 3.26. The van der Waals surface area contributed by atoms with Gasteiger partial charge in [-0.25, -0.2) is 0 Å². The van der Waals surface area contributed by atoms with Crippen molar-refractivity contribution in [2.24, 2.45) is 0 Å². The summed E-state index contributed by atoms with van der Waals surface area (Å²) in [5, 5.41) is 4.86. The zero-order valence-electron chi connectivity index (χ0n) is 13.7. The molecule has 5 aromatic rings. The van der Waals surface area contributed by atoms with E-state index in [0.717, 1.165) is 26.4 Å². The van der Waals surface area contributed by atoms with Crippen molar-refractivity contribution in [2.45, 2.75) is 0 Å². The third-order valence-electron chi connectivity index (χ3n) is 4.89. The first-order chi connectivity index (χ1) is 12.2. The molecule has 0 unspecified atom stereocenters. The van der Waals surface area contributed by atoms with Crippen LogP contribution in [0.3, 0.4) is 0 Å². The van der Waals surface area contributed by atoms with E-state index >= 15 is 0 Å². The first-order valence-electron chi connectivity index (χ1n) is 8.31. The minimum absolute atomic E-state index is 0.933. The van der Waals surface area contributed by atoms with Crippen LogP contribution in [-0.2, 0) is 0 Å². The fourth-order valence-corrected chi connectivity index (χ4v) is 4.01. The predicted octanol–water partition coefficient (Wildman–Crippen LogP) is 5.43. The maximum Gasteiger partial charge on any atom is 0.140 e. The van der Waals surface area contributed by atoms with E-state index in [-0.39, 0.29) is 0 Å². The van der Waals surface area contributed by atoms with Crippen molar-refractivity contribution < 1.29 is 4.42 Å². The van der Waals surface area contributed by atoms with Gasteiger partial charge in [0.2, 0.25) is 0 Å². The average molecular weight is 385 g/mol. The maximum absolute atomic E-state index is 5.94. The molecule has 0 spiro atoms. The van der Waals surface area contributed by atoms with Gasteiger partial charge in [-0.3, -0.25) is 0 Å². The summed E-state index contributed by atoms with van der Waals surface area (Å²) < 4.78 is 7.07.